The highest BCUT2D eigenvalue weighted by Gasteiger charge is 2.07. The standard InChI is InChI=1S/C11H13BrN2O2S/c1-15-10(16-2)6-13-11-14-8-4-3-7(12)5-9(8)17-11/h3-5,10H,6H2,1-2H3,(H,13,14). The molecule has 1 aromatic heterocycles. The first kappa shape index (κ1) is 12.8. The Hall–Kier alpha value is -0.690. The number of ether oxygens (including phenoxy) is 2. The lowest BCUT2D eigenvalue weighted by Gasteiger charge is -2.12. The van der Waals surface area contributed by atoms with E-state index in [0.717, 1.165) is 19.8 Å². The molecule has 0 bridgehead atoms. The van der Waals surface area contributed by atoms with Gasteiger partial charge in [0.15, 0.2) is 11.4 Å². The maximum atomic E-state index is 5.10. The molecule has 0 fully saturated rings. The Morgan fingerprint density at radius 2 is 2.18 bits per heavy atom. The van der Waals surface area contributed by atoms with Crippen molar-refractivity contribution >= 4 is 42.6 Å². The fraction of sp³-hybridized carbons (Fsp3) is 0.364. The van der Waals surface area contributed by atoms with Gasteiger partial charge in [0.25, 0.3) is 0 Å². The van der Waals surface area contributed by atoms with Crippen LogP contribution in [-0.2, 0) is 9.47 Å². The van der Waals surface area contributed by atoms with Crippen molar-refractivity contribution in [1.82, 2.24) is 4.98 Å². The number of hydrogen-bond donors (Lipinski definition) is 1. The number of anilines is 1. The zero-order valence-corrected chi connectivity index (χ0v) is 12.0. The molecule has 0 unspecified atom stereocenters. The van der Waals surface area contributed by atoms with Crippen molar-refractivity contribution in [2.24, 2.45) is 0 Å². The average molecular weight is 317 g/mol. The third-order valence-electron chi connectivity index (χ3n) is 2.30. The van der Waals surface area contributed by atoms with E-state index in [-0.39, 0.29) is 6.29 Å². The lowest BCUT2D eigenvalue weighted by Crippen LogP contribution is -2.23. The predicted molar refractivity (Wildman–Crippen MR) is 73.6 cm³/mol. The van der Waals surface area contributed by atoms with Crippen LogP contribution >= 0.6 is 27.3 Å². The SMILES string of the molecule is COC(CNc1nc2ccc(Br)cc2s1)OC. The molecule has 0 radical (unpaired) electrons. The number of aromatic nitrogens is 1. The predicted octanol–water partition coefficient (Wildman–Crippen LogP) is 3.09. The van der Waals surface area contributed by atoms with E-state index in [4.69, 9.17) is 9.47 Å². The number of hydrogen-bond acceptors (Lipinski definition) is 5. The van der Waals surface area contributed by atoms with Crippen molar-refractivity contribution < 1.29 is 9.47 Å². The number of fused-ring (bicyclic) bond motifs is 1. The van der Waals surface area contributed by atoms with Gasteiger partial charge in [-0.1, -0.05) is 27.3 Å². The van der Waals surface area contributed by atoms with Gasteiger partial charge >= 0.3 is 0 Å². The summed E-state index contributed by atoms with van der Waals surface area (Å²) in [6, 6.07) is 6.03. The van der Waals surface area contributed by atoms with Crippen LogP contribution in [0, 0.1) is 0 Å². The molecule has 2 aromatic rings. The summed E-state index contributed by atoms with van der Waals surface area (Å²) in [5.41, 5.74) is 0.993. The van der Waals surface area contributed by atoms with E-state index in [1.54, 1.807) is 25.6 Å². The van der Waals surface area contributed by atoms with Crippen molar-refractivity contribution in [3.8, 4) is 0 Å². The first-order valence-corrected chi connectivity index (χ1v) is 6.69. The summed E-state index contributed by atoms with van der Waals surface area (Å²) < 4.78 is 12.4. The monoisotopic (exact) mass is 316 g/mol. The minimum absolute atomic E-state index is 0.256. The van der Waals surface area contributed by atoms with Crippen molar-refractivity contribution in [2.75, 3.05) is 26.1 Å². The normalized spacial score (nSPS) is 11.3. The van der Waals surface area contributed by atoms with Gasteiger partial charge in [0.1, 0.15) is 0 Å². The highest BCUT2D eigenvalue weighted by atomic mass is 79.9. The molecule has 2 rings (SSSR count). The summed E-state index contributed by atoms with van der Waals surface area (Å²) >= 11 is 5.06. The highest BCUT2D eigenvalue weighted by Crippen LogP contribution is 2.28. The molecule has 0 aliphatic carbocycles. The number of rotatable bonds is 5. The van der Waals surface area contributed by atoms with Crippen LogP contribution < -0.4 is 5.32 Å². The molecular formula is C11H13BrN2O2S. The van der Waals surface area contributed by atoms with Crippen LogP contribution in [0.5, 0.6) is 0 Å². The maximum absolute atomic E-state index is 5.10. The second-order valence-electron chi connectivity index (χ2n) is 3.41. The molecule has 0 saturated heterocycles. The van der Waals surface area contributed by atoms with E-state index in [0.29, 0.717) is 6.54 Å². The summed E-state index contributed by atoms with van der Waals surface area (Å²) in [5.74, 6) is 0. The molecule has 0 aliphatic rings. The van der Waals surface area contributed by atoms with Gasteiger partial charge in [-0.15, -0.1) is 0 Å². The molecule has 0 spiro atoms. The van der Waals surface area contributed by atoms with Crippen LogP contribution in [0.25, 0.3) is 10.2 Å². The second kappa shape index (κ2) is 5.77. The fourth-order valence-corrected chi connectivity index (χ4v) is 2.83. The second-order valence-corrected chi connectivity index (χ2v) is 5.36. The minimum atomic E-state index is -0.256. The number of methoxy groups -OCH3 is 2. The van der Waals surface area contributed by atoms with E-state index in [9.17, 15) is 0 Å². The van der Waals surface area contributed by atoms with E-state index < -0.39 is 0 Å². The van der Waals surface area contributed by atoms with Gasteiger partial charge in [-0.3, -0.25) is 0 Å². The summed E-state index contributed by atoms with van der Waals surface area (Å²) in [6.07, 6.45) is -0.256. The molecule has 1 aromatic carbocycles. The Labute approximate surface area is 112 Å². The van der Waals surface area contributed by atoms with Crippen LogP contribution in [0.15, 0.2) is 22.7 Å². The molecule has 1 N–H and O–H groups in total. The molecular weight excluding hydrogens is 304 g/mol. The number of nitrogens with one attached hydrogen (secondary N) is 1. The summed E-state index contributed by atoms with van der Waals surface area (Å²) in [6.45, 7) is 0.577. The van der Waals surface area contributed by atoms with Gasteiger partial charge in [0.05, 0.1) is 16.8 Å². The molecule has 17 heavy (non-hydrogen) atoms. The average Bonchev–Trinajstić information content (AvgIpc) is 2.72. The summed E-state index contributed by atoms with van der Waals surface area (Å²) in [5, 5.41) is 4.07. The Morgan fingerprint density at radius 1 is 1.41 bits per heavy atom. The van der Waals surface area contributed by atoms with Crippen LogP contribution in [0.4, 0.5) is 5.13 Å². The van der Waals surface area contributed by atoms with Crippen LogP contribution in [0.3, 0.4) is 0 Å². The molecule has 4 nitrogen and oxygen atoms in total. The van der Waals surface area contributed by atoms with E-state index in [2.05, 4.69) is 32.3 Å². The third kappa shape index (κ3) is 3.16. The van der Waals surface area contributed by atoms with Crippen molar-refractivity contribution in [3.63, 3.8) is 0 Å². The Bertz CT molecular complexity index is 499. The lowest BCUT2D eigenvalue weighted by atomic mass is 10.3. The van der Waals surface area contributed by atoms with Gasteiger partial charge in [0, 0.05) is 18.7 Å². The summed E-state index contributed by atoms with van der Waals surface area (Å²) in [4.78, 5) is 4.47. The van der Waals surface area contributed by atoms with Gasteiger partial charge < -0.3 is 14.8 Å². The highest BCUT2D eigenvalue weighted by molar-refractivity contribution is 9.10. The molecule has 92 valence electrons. The largest absolute Gasteiger partial charge is 0.356 e. The molecule has 0 aliphatic heterocycles. The summed E-state index contributed by atoms with van der Waals surface area (Å²) in [7, 11) is 3.23. The molecule has 0 saturated carbocycles. The van der Waals surface area contributed by atoms with Gasteiger partial charge in [-0.2, -0.15) is 0 Å². The first-order valence-electron chi connectivity index (χ1n) is 5.08. The lowest BCUT2D eigenvalue weighted by molar-refractivity contribution is -0.0914. The molecule has 6 heteroatoms. The zero-order valence-electron chi connectivity index (χ0n) is 9.57. The van der Waals surface area contributed by atoms with Gasteiger partial charge in [-0.05, 0) is 18.2 Å². The van der Waals surface area contributed by atoms with E-state index >= 15 is 0 Å². The molecule has 1 heterocycles. The minimum Gasteiger partial charge on any atom is -0.356 e. The third-order valence-corrected chi connectivity index (χ3v) is 3.77. The Morgan fingerprint density at radius 3 is 2.88 bits per heavy atom. The number of benzene rings is 1. The molecule has 0 atom stereocenters. The van der Waals surface area contributed by atoms with E-state index in [1.165, 1.54) is 0 Å². The number of halogens is 1. The Kier molecular flexibility index (Phi) is 4.33. The molecule has 0 amide bonds. The van der Waals surface area contributed by atoms with Crippen molar-refractivity contribution in [2.45, 2.75) is 6.29 Å². The van der Waals surface area contributed by atoms with Crippen LogP contribution in [0.1, 0.15) is 0 Å². The number of thiazole rings is 1. The van der Waals surface area contributed by atoms with E-state index in [1.807, 2.05) is 12.1 Å². The smallest absolute Gasteiger partial charge is 0.183 e. The van der Waals surface area contributed by atoms with Crippen molar-refractivity contribution in [3.05, 3.63) is 22.7 Å². The fourth-order valence-electron chi connectivity index (χ4n) is 1.41. The van der Waals surface area contributed by atoms with Crippen LogP contribution in [-0.4, -0.2) is 32.0 Å². The van der Waals surface area contributed by atoms with Gasteiger partial charge in [-0.25, -0.2) is 4.98 Å². The quantitative estimate of drug-likeness (QED) is 0.861. The Balaban J connectivity index is 2.09. The number of nitrogens with zero attached hydrogens (tertiary/aromatic N) is 1. The first-order chi connectivity index (χ1) is 8.22. The van der Waals surface area contributed by atoms with Crippen molar-refractivity contribution in [1.29, 1.82) is 0 Å². The topological polar surface area (TPSA) is 43.4 Å². The van der Waals surface area contributed by atoms with Gasteiger partial charge in [0.2, 0.25) is 0 Å². The van der Waals surface area contributed by atoms with Crippen LogP contribution in [0.2, 0.25) is 0 Å². The maximum Gasteiger partial charge on any atom is 0.183 e. The zero-order chi connectivity index (χ0) is 12.3.